The van der Waals surface area contributed by atoms with E-state index in [0.29, 0.717) is 16.5 Å². The molecule has 1 amide bonds. The van der Waals surface area contributed by atoms with Gasteiger partial charge in [-0.3, -0.25) is 13.9 Å². The summed E-state index contributed by atoms with van der Waals surface area (Å²) < 4.78 is 28.9. The zero-order valence-corrected chi connectivity index (χ0v) is 16.4. The van der Waals surface area contributed by atoms with Gasteiger partial charge in [0.1, 0.15) is 5.69 Å². The van der Waals surface area contributed by atoms with Crippen molar-refractivity contribution in [3.8, 4) is 0 Å². The van der Waals surface area contributed by atoms with Gasteiger partial charge in [-0.1, -0.05) is 0 Å². The molecule has 138 valence electrons. The number of aromatic nitrogens is 3. The van der Waals surface area contributed by atoms with E-state index in [9.17, 15) is 13.2 Å². The van der Waals surface area contributed by atoms with Crippen LogP contribution in [0.5, 0.6) is 0 Å². The van der Waals surface area contributed by atoms with Crippen molar-refractivity contribution < 1.29 is 13.2 Å². The molecule has 0 atom stereocenters. The Labute approximate surface area is 162 Å². The lowest BCUT2D eigenvalue weighted by atomic mass is 10.3. The summed E-state index contributed by atoms with van der Waals surface area (Å²) in [5, 5.41) is 6.65. The number of nitrogens with zero attached hydrogens (tertiary/aromatic N) is 3. The third-order valence-electron chi connectivity index (χ3n) is 3.70. The number of hydrogen-bond donors (Lipinski definition) is 2. The van der Waals surface area contributed by atoms with Gasteiger partial charge in [0.2, 0.25) is 0 Å². The zero-order chi connectivity index (χ0) is 19.0. The maximum atomic E-state index is 12.4. The lowest BCUT2D eigenvalue weighted by molar-refractivity contribution is 0.102. The fraction of sp³-hybridized carbons (Fsp3) is 0.0625. The Morgan fingerprint density at radius 3 is 2.63 bits per heavy atom. The van der Waals surface area contributed by atoms with Crippen LogP contribution in [0.3, 0.4) is 0 Å². The summed E-state index contributed by atoms with van der Waals surface area (Å²) >= 11 is 2.65. The summed E-state index contributed by atoms with van der Waals surface area (Å²) in [4.78, 5) is 21.4. The van der Waals surface area contributed by atoms with Crippen LogP contribution in [-0.4, -0.2) is 28.7 Å². The summed E-state index contributed by atoms with van der Waals surface area (Å²) in [6.45, 7) is 1.94. The van der Waals surface area contributed by atoms with Crippen LogP contribution >= 0.6 is 22.7 Å². The average molecular weight is 420 g/mol. The SMILES string of the molecule is Cc1csc2nc(C(=O)Nc3ccc(S(=O)(=O)Nc4nccs4)cc3)cn12. The summed E-state index contributed by atoms with van der Waals surface area (Å²) in [6, 6.07) is 5.89. The minimum atomic E-state index is -3.72. The first-order valence-corrected chi connectivity index (χ1v) is 10.9. The van der Waals surface area contributed by atoms with E-state index in [1.807, 2.05) is 16.7 Å². The Balaban J connectivity index is 1.49. The normalized spacial score (nSPS) is 11.6. The second-order valence-corrected chi connectivity index (χ2v) is 8.99. The van der Waals surface area contributed by atoms with Crippen LogP contribution in [0.15, 0.2) is 52.3 Å². The van der Waals surface area contributed by atoms with Gasteiger partial charge in [-0.2, -0.15) is 0 Å². The molecule has 8 nitrogen and oxygen atoms in total. The van der Waals surface area contributed by atoms with Crippen molar-refractivity contribution in [2.45, 2.75) is 11.8 Å². The van der Waals surface area contributed by atoms with Gasteiger partial charge in [0.15, 0.2) is 10.1 Å². The van der Waals surface area contributed by atoms with Gasteiger partial charge in [-0.05, 0) is 31.2 Å². The molecule has 0 saturated heterocycles. The van der Waals surface area contributed by atoms with Crippen molar-refractivity contribution in [2.75, 3.05) is 10.0 Å². The highest BCUT2D eigenvalue weighted by molar-refractivity contribution is 7.93. The van der Waals surface area contributed by atoms with Crippen LogP contribution < -0.4 is 10.0 Å². The standard InChI is InChI=1S/C16H13N5O3S3/c1-10-9-26-16-19-13(8-21(10)16)14(22)18-11-2-4-12(5-3-11)27(23,24)20-15-17-6-7-25-15/h2-9H,1H3,(H,17,20)(H,18,22). The van der Waals surface area contributed by atoms with Crippen molar-refractivity contribution in [3.05, 3.63) is 58.8 Å². The number of aryl methyl sites for hydroxylation is 1. The molecular weight excluding hydrogens is 406 g/mol. The van der Waals surface area contributed by atoms with E-state index in [0.717, 1.165) is 10.7 Å². The van der Waals surface area contributed by atoms with E-state index in [4.69, 9.17) is 0 Å². The number of thiazole rings is 2. The summed E-state index contributed by atoms with van der Waals surface area (Å²) in [5.41, 5.74) is 1.78. The van der Waals surface area contributed by atoms with Crippen molar-refractivity contribution in [2.24, 2.45) is 0 Å². The Bertz CT molecular complexity index is 1210. The van der Waals surface area contributed by atoms with Crippen LogP contribution in [0.1, 0.15) is 16.2 Å². The summed E-state index contributed by atoms with van der Waals surface area (Å²) in [7, 11) is -3.72. The smallest absolute Gasteiger partial charge is 0.275 e. The first-order chi connectivity index (χ1) is 12.9. The van der Waals surface area contributed by atoms with Gasteiger partial charge in [0.25, 0.3) is 15.9 Å². The fourth-order valence-corrected chi connectivity index (χ4v) is 5.00. The number of rotatable bonds is 5. The molecular formula is C16H13N5O3S3. The monoisotopic (exact) mass is 419 g/mol. The highest BCUT2D eigenvalue weighted by Crippen LogP contribution is 2.20. The highest BCUT2D eigenvalue weighted by atomic mass is 32.2. The molecule has 0 radical (unpaired) electrons. The summed E-state index contributed by atoms with van der Waals surface area (Å²) in [6.07, 6.45) is 3.19. The molecule has 1 aromatic carbocycles. The van der Waals surface area contributed by atoms with Gasteiger partial charge in [0.05, 0.1) is 4.90 Å². The largest absolute Gasteiger partial charge is 0.321 e. The number of carbonyl (C=O) groups is 1. The lowest BCUT2D eigenvalue weighted by Gasteiger charge is -2.07. The molecule has 3 heterocycles. The summed E-state index contributed by atoms with van der Waals surface area (Å²) in [5.74, 6) is -0.359. The molecule has 0 aliphatic heterocycles. The quantitative estimate of drug-likeness (QED) is 0.517. The van der Waals surface area contributed by atoms with Gasteiger partial charge in [-0.25, -0.2) is 18.4 Å². The van der Waals surface area contributed by atoms with Gasteiger partial charge in [0, 0.05) is 34.5 Å². The number of carbonyl (C=O) groups excluding carboxylic acids is 1. The number of sulfonamides is 1. The third kappa shape index (κ3) is 3.56. The molecule has 2 N–H and O–H groups in total. The second-order valence-electron chi connectivity index (χ2n) is 5.58. The molecule has 0 bridgehead atoms. The topological polar surface area (TPSA) is 105 Å². The van der Waals surface area contributed by atoms with Crippen LogP contribution in [-0.2, 0) is 10.0 Å². The number of fused-ring (bicyclic) bond motifs is 1. The van der Waals surface area contributed by atoms with Gasteiger partial charge >= 0.3 is 0 Å². The van der Waals surface area contributed by atoms with Crippen molar-refractivity contribution in [3.63, 3.8) is 0 Å². The van der Waals surface area contributed by atoms with E-state index in [1.54, 1.807) is 11.6 Å². The molecule has 0 saturated carbocycles. The lowest BCUT2D eigenvalue weighted by Crippen LogP contribution is -2.14. The number of benzene rings is 1. The van der Waals surface area contributed by atoms with Crippen molar-refractivity contribution in [1.82, 2.24) is 14.4 Å². The van der Waals surface area contributed by atoms with E-state index in [1.165, 1.54) is 53.1 Å². The molecule has 4 rings (SSSR count). The Morgan fingerprint density at radius 2 is 1.96 bits per heavy atom. The van der Waals surface area contributed by atoms with Gasteiger partial charge < -0.3 is 5.32 Å². The molecule has 3 aromatic heterocycles. The first-order valence-electron chi connectivity index (χ1n) is 7.69. The zero-order valence-electron chi connectivity index (χ0n) is 13.9. The molecule has 0 unspecified atom stereocenters. The second kappa shape index (κ2) is 6.76. The maximum Gasteiger partial charge on any atom is 0.275 e. The Kier molecular flexibility index (Phi) is 4.42. The Morgan fingerprint density at radius 1 is 1.19 bits per heavy atom. The predicted molar refractivity (Wildman–Crippen MR) is 105 cm³/mol. The molecule has 0 aliphatic rings. The number of amides is 1. The average Bonchev–Trinajstić information content (AvgIpc) is 3.35. The fourth-order valence-electron chi connectivity index (χ4n) is 2.36. The number of anilines is 2. The molecule has 0 aliphatic carbocycles. The van der Waals surface area contributed by atoms with E-state index >= 15 is 0 Å². The molecule has 4 aromatic rings. The van der Waals surface area contributed by atoms with Crippen molar-refractivity contribution in [1.29, 1.82) is 0 Å². The number of nitrogens with one attached hydrogen (secondary N) is 2. The van der Waals surface area contributed by atoms with Crippen molar-refractivity contribution >= 4 is 54.4 Å². The molecule has 11 heteroatoms. The molecule has 0 spiro atoms. The van der Waals surface area contributed by atoms with E-state index in [2.05, 4.69) is 20.0 Å². The van der Waals surface area contributed by atoms with E-state index in [-0.39, 0.29) is 10.8 Å². The first kappa shape index (κ1) is 17.6. The molecule has 0 fully saturated rings. The van der Waals surface area contributed by atoms with Crippen LogP contribution in [0, 0.1) is 6.92 Å². The minimum absolute atomic E-state index is 0.0776. The van der Waals surface area contributed by atoms with E-state index < -0.39 is 10.0 Å². The Hall–Kier alpha value is -2.76. The predicted octanol–water partition coefficient (Wildman–Crippen LogP) is 3.21. The highest BCUT2D eigenvalue weighted by Gasteiger charge is 2.17. The maximum absolute atomic E-state index is 12.4. The number of imidazole rings is 1. The van der Waals surface area contributed by atoms with Crippen LogP contribution in [0.25, 0.3) is 4.96 Å². The van der Waals surface area contributed by atoms with Crippen LogP contribution in [0.4, 0.5) is 10.8 Å². The minimum Gasteiger partial charge on any atom is -0.321 e. The van der Waals surface area contributed by atoms with Crippen LogP contribution in [0.2, 0.25) is 0 Å². The van der Waals surface area contributed by atoms with Gasteiger partial charge in [-0.15, -0.1) is 22.7 Å². The molecule has 27 heavy (non-hydrogen) atoms. The third-order valence-corrected chi connectivity index (χ3v) is 6.83. The number of hydrogen-bond acceptors (Lipinski definition) is 7.